The van der Waals surface area contributed by atoms with Crippen molar-refractivity contribution >= 4 is 59.1 Å². The summed E-state index contributed by atoms with van der Waals surface area (Å²) in [7, 11) is 1.65. The molecule has 2 rings (SSSR count). The lowest BCUT2D eigenvalue weighted by atomic mass is 9.99. The number of rotatable bonds is 3. The van der Waals surface area contributed by atoms with E-state index in [1.54, 1.807) is 13.1 Å². The number of hydrogen-bond acceptors (Lipinski definition) is 2. The Balaban J connectivity index is 2.57. The highest BCUT2D eigenvalue weighted by atomic mass is 79.9. The van der Waals surface area contributed by atoms with Crippen LogP contribution in [-0.4, -0.2) is 7.05 Å². The molecule has 2 aromatic rings. The van der Waals surface area contributed by atoms with Crippen molar-refractivity contribution in [3.05, 3.63) is 53.0 Å². The van der Waals surface area contributed by atoms with Gasteiger partial charge in [-0.3, -0.25) is 0 Å². The molecule has 114 valence electrons. The van der Waals surface area contributed by atoms with Gasteiger partial charge in [-0.1, -0.05) is 22.0 Å². The minimum Gasteiger partial charge on any atom is -0.309 e. The highest BCUT2D eigenvalue weighted by molar-refractivity contribution is 9.13. The van der Waals surface area contributed by atoms with Crippen molar-refractivity contribution in [2.45, 2.75) is 12.2 Å². The number of thiophene rings is 1. The standard InChI is InChI=1S/C13H9Br3F3NS/c1-20-11(10-5-9(15)12(16)21-10)7-3-2-6(14)4-8(7)13(17,18)19/h2-5,11,20H,1H3. The fourth-order valence-corrected chi connectivity index (χ4v) is 4.56. The molecule has 1 heterocycles. The van der Waals surface area contributed by atoms with Gasteiger partial charge in [-0.15, -0.1) is 11.3 Å². The van der Waals surface area contributed by atoms with Crippen LogP contribution in [0.15, 0.2) is 37.0 Å². The van der Waals surface area contributed by atoms with Crippen LogP contribution in [0.25, 0.3) is 0 Å². The summed E-state index contributed by atoms with van der Waals surface area (Å²) in [4.78, 5) is 0.795. The zero-order chi connectivity index (χ0) is 15.8. The third-order valence-corrected chi connectivity index (χ3v) is 6.68. The maximum absolute atomic E-state index is 13.3. The van der Waals surface area contributed by atoms with E-state index in [1.165, 1.54) is 17.4 Å². The van der Waals surface area contributed by atoms with Gasteiger partial charge in [0.15, 0.2) is 0 Å². The summed E-state index contributed by atoms with van der Waals surface area (Å²) >= 11 is 11.2. The van der Waals surface area contributed by atoms with Crippen LogP contribution in [0, 0.1) is 0 Å². The van der Waals surface area contributed by atoms with Crippen LogP contribution in [0.2, 0.25) is 0 Å². The number of halogens is 6. The summed E-state index contributed by atoms with van der Waals surface area (Å²) in [6.07, 6.45) is -4.40. The number of hydrogen-bond donors (Lipinski definition) is 1. The van der Waals surface area contributed by atoms with Crippen LogP contribution in [0.4, 0.5) is 13.2 Å². The van der Waals surface area contributed by atoms with Crippen molar-refractivity contribution < 1.29 is 13.2 Å². The first-order chi connectivity index (χ1) is 9.74. The molecular formula is C13H9Br3F3NS. The lowest BCUT2D eigenvalue weighted by Crippen LogP contribution is -2.21. The van der Waals surface area contributed by atoms with E-state index < -0.39 is 17.8 Å². The third-order valence-electron chi connectivity index (χ3n) is 2.87. The Bertz CT molecular complexity index is 635. The van der Waals surface area contributed by atoms with Gasteiger partial charge in [0.1, 0.15) is 0 Å². The van der Waals surface area contributed by atoms with Crippen molar-refractivity contribution in [2.24, 2.45) is 0 Å². The molecule has 0 aliphatic heterocycles. The highest BCUT2D eigenvalue weighted by Crippen LogP contribution is 2.42. The van der Waals surface area contributed by atoms with Crippen molar-refractivity contribution in [3.63, 3.8) is 0 Å². The molecule has 0 aliphatic carbocycles. The molecule has 1 aromatic carbocycles. The SMILES string of the molecule is CNC(c1cc(Br)c(Br)s1)c1ccc(Br)cc1C(F)(F)F. The highest BCUT2D eigenvalue weighted by Gasteiger charge is 2.36. The molecule has 21 heavy (non-hydrogen) atoms. The molecule has 1 unspecified atom stereocenters. The second kappa shape index (κ2) is 6.70. The predicted octanol–water partition coefficient (Wildman–Crippen LogP) is 6.36. The lowest BCUT2D eigenvalue weighted by Gasteiger charge is -2.20. The summed E-state index contributed by atoms with van der Waals surface area (Å²) in [6, 6.07) is 5.51. The van der Waals surface area contributed by atoms with Crippen molar-refractivity contribution in [2.75, 3.05) is 7.05 Å². The van der Waals surface area contributed by atoms with Crippen LogP contribution in [0.1, 0.15) is 22.0 Å². The third kappa shape index (κ3) is 3.90. The molecule has 1 nitrogen and oxygen atoms in total. The summed E-state index contributed by atoms with van der Waals surface area (Å²) < 4.78 is 41.9. The molecule has 0 spiro atoms. The maximum atomic E-state index is 13.3. The molecule has 0 amide bonds. The van der Waals surface area contributed by atoms with Crippen LogP contribution >= 0.6 is 59.1 Å². The molecule has 0 fully saturated rings. The molecule has 0 saturated carbocycles. The molecule has 0 saturated heterocycles. The van der Waals surface area contributed by atoms with Gasteiger partial charge in [0.2, 0.25) is 0 Å². The largest absolute Gasteiger partial charge is 0.416 e. The molecule has 8 heteroatoms. The van der Waals surface area contributed by atoms with Gasteiger partial charge in [-0.25, -0.2) is 0 Å². The van der Waals surface area contributed by atoms with E-state index in [2.05, 4.69) is 53.1 Å². The van der Waals surface area contributed by atoms with Gasteiger partial charge in [0, 0.05) is 13.8 Å². The average molecular weight is 508 g/mol. The molecule has 1 aromatic heterocycles. The normalized spacial score (nSPS) is 13.5. The van der Waals surface area contributed by atoms with Gasteiger partial charge in [-0.2, -0.15) is 13.2 Å². The van der Waals surface area contributed by atoms with Crippen LogP contribution in [0.3, 0.4) is 0 Å². The van der Waals surface area contributed by atoms with E-state index in [4.69, 9.17) is 0 Å². The van der Waals surface area contributed by atoms with E-state index in [0.717, 1.165) is 19.2 Å². The van der Waals surface area contributed by atoms with Gasteiger partial charge >= 0.3 is 6.18 Å². The van der Waals surface area contributed by atoms with Crippen LogP contribution in [0.5, 0.6) is 0 Å². The summed E-state index contributed by atoms with van der Waals surface area (Å²) in [5.41, 5.74) is -0.439. The number of alkyl halides is 3. The van der Waals surface area contributed by atoms with E-state index in [1.807, 2.05) is 6.07 Å². The van der Waals surface area contributed by atoms with Gasteiger partial charge < -0.3 is 5.32 Å². The van der Waals surface area contributed by atoms with E-state index in [9.17, 15) is 13.2 Å². The predicted molar refractivity (Wildman–Crippen MR) is 89.8 cm³/mol. The maximum Gasteiger partial charge on any atom is 0.416 e. The first kappa shape index (κ1) is 17.5. The monoisotopic (exact) mass is 505 g/mol. The van der Waals surface area contributed by atoms with E-state index >= 15 is 0 Å². The lowest BCUT2D eigenvalue weighted by molar-refractivity contribution is -0.138. The minimum absolute atomic E-state index is 0.203. The zero-order valence-corrected chi connectivity index (χ0v) is 16.1. The Morgan fingerprint density at radius 1 is 1.14 bits per heavy atom. The smallest absolute Gasteiger partial charge is 0.309 e. The zero-order valence-electron chi connectivity index (χ0n) is 10.6. The first-order valence-electron chi connectivity index (χ1n) is 5.72. The first-order valence-corrected chi connectivity index (χ1v) is 8.92. The summed E-state index contributed by atoms with van der Waals surface area (Å²) in [5.74, 6) is 0. The van der Waals surface area contributed by atoms with E-state index in [-0.39, 0.29) is 5.56 Å². The van der Waals surface area contributed by atoms with Crippen LogP contribution in [-0.2, 0) is 6.18 Å². The van der Waals surface area contributed by atoms with Gasteiger partial charge in [0.25, 0.3) is 0 Å². The Morgan fingerprint density at radius 3 is 2.29 bits per heavy atom. The second-order valence-electron chi connectivity index (χ2n) is 4.22. The van der Waals surface area contributed by atoms with Crippen molar-refractivity contribution in [1.82, 2.24) is 5.32 Å². The van der Waals surface area contributed by atoms with Crippen LogP contribution < -0.4 is 5.32 Å². The Hall–Kier alpha value is 0.110. The summed E-state index contributed by atoms with van der Waals surface area (Å²) in [5, 5.41) is 2.96. The minimum atomic E-state index is -4.40. The number of nitrogens with one attached hydrogen (secondary N) is 1. The Labute approximate surface area is 149 Å². The average Bonchev–Trinajstić information content (AvgIpc) is 2.71. The van der Waals surface area contributed by atoms with Gasteiger partial charge in [-0.05, 0) is 62.7 Å². The summed E-state index contributed by atoms with van der Waals surface area (Å²) in [6.45, 7) is 0. The molecule has 1 atom stereocenters. The Kier molecular flexibility index (Phi) is 5.57. The molecule has 0 radical (unpaired) electrons. The molecular weight excluding hydrogens is 499 g/mol. The number of benzene rings is 1. The van der Waals surface area contributed by atoms with Crippen molar-refractivity contribution in [1.29, 1.82) is 0 Å². The molecule has 0 aliphatic rings. The topological polar surface area (TPSA) is 12.0 Å². The Morgan fingerprint density at radius 2 is 1.81 bits per heavy atom. The van der Waals surface area contributed by atoms with E-state index in [0.29, 0.717) is 4.47 Å². The second-order valence-corrected chi connectivity index (χ2v) is 8.39. The molecule has 1 N–H and O–H groups in total. The molecule has 0 bridgehead atoms. The quantitative estimate of drug-likeness (QED) is 0.509. The fourth-order valence-electron chi connectivity index (χ4n) is 1.98. The van der Waals surface area contributed by atoms with Crippen molar-refractivity contribution in [3.8, 4) is 0 Å². The van der Waals surface area contributed by atoms with Gasteiger partial charge in [0.05, 0.1) is 15.4 Å². The fraction of sp³-hybridized carbons (Fsp3) is 0.231.